The Bertz CT molecular complexity index is 944. The molecule has 0 saturated carbocycles. The predicted molar refractivity (Wildman–Crippen MR) is 106 cm³/mol. The number of benzene rings is 1. The molecular weight excluding hydrogens is 368 g/mol. The molecule has 0 atom stereocenters. The molecule has 3 aromatic rings. The first-order valence-corrected chi connectivity index (χ1v) is 9.56. The average Bonchev–Trinajstić information content (AvgIpc) is 3.05. The number of aromatic nitrogens is 2. The molecule has 3 rings (SSSR count). The Morgan fingerprint density at radius 2 is 2.15 bits per heavy atom. The first-order chi connectivity index (χ1) is 13.1. The number of anilines is 1. The van der Waals surface area contributed by atoms with Crippen LogP contribution >= 0.6 is 11.3 Å². The highest BCUT2D eigenvalue weighted by Crippen LogP contribution is 2.34. The number of hydrogen-bond donors (Lipinski definition) is 3. The number of fused-ring (bicyclic) bond motifs is 3. The zero-order chi connectivity index (χ0) is 19.2. The second kappa shape index (κ2) is 8.83. The fourth-order valence-electron chi connectivity index (χ4n) is 2.66. The summed E-state index contributed by atoms with van der Waals surface area (Å²) in [5.41, 5.74) is 7.64. The quantitative estimate of drug-likeness (QED) is 0.480. The fourth-order valence-corrected chi connectivity index (χ4v) is 3.87. The van der Waals surface area contributed by atoms with E-state index in [-0.39, 0.29) is 6.54 Å². The number of hydrogen-bond acceptors (Lipinski definition) is 7. The smallest absolute Gasteiger partial charge is 0.404 e. The van der Waals surface area contributed by atoms with Crippen LogP contribution in [0.5, 0.6) is 5.75 Å². The van der Waals surface area contributed by atoms with Crippen molar-refractivity contribution in [1.29, 1.82) is 0 Å². The number of nitrogens with one attached hydrogen (secondary N) is 1. The van der Waals surface area contributed by atoms with Gasteiger partial charge in [0.15, 0.2) is 5.82 Å². The summed E-state index contributed by atoms with van der Waals surface area (Å²) in [4.78, 5) is 19.4. The molecule has 0 fully saturated rings. The van der Waals surface area contributed by atoms with E-state index < -0.39 is 6.09 Å². The van der Waals surface area contributed by atoms with Gasteiger partial charge < -0.3 is 25.6 Å². The predicted octanol–water partition coefficient (Wildman–Crippen LogP) is 3.04. The van der Waals surface area contributed by atoms with Gasteiger partial charge in [0.25, 0.3) is 0 Å². The summed E-state index contributed by atoms with van der Waals surface area (Å²) in [5, 5.41) is 12.8. The highest BCUT2D eigenvalue weighted by molar-refractivity contribution is 7.19. The number of thiazole rings is 1. The summed E-state index contributed by atoms with van der Waals surface area (Å²) in [6, 6.07) is 5.73. The minimum atomic E-state index is -1.06. The van der Waals surface area contributed by atoms with Gasteiger partial charge in [-0.1, -0.05) is 6.92 Å². The Kier molecular flexibility index (Phi) is 6.25. The van der Waals surface area contributed by atoms with Gasteiger partial charge >= 0.3 is 6.09 Å². The maximum Gasteiger partial charge on any atom is 0.404 e. The molecule has 0 spiro atoms. The summed E-state index contributed by atoms with van der Waals surface area (Å²) in [7, 11) is 0. The lowest BCUT2D eigenvalue weighted by Gasteiger charge is -2.08. The van der Waals surface area contributed by atoms with Crippen molar-refractivity contribution in [2.24, 2.45) is 0 Å². The minimum absolute atomic E-state index is 0.249. The molecule has 0 unspecified atom stereocenters. The summed E-state index contributed by atoms with van der Waals surface area (Å²) >= 11 is 1.66. The largest absolute Gasteiger partial charge is 0.491 e. The fraction of sp³-hybridized carbons (Fsp3) is 0.389. The average molecular weight is 390 g/mol. The van der Waals surface area contributed by atoms with Crippen LogP contribution in [0.4, 0.5) is 10.6 Å². The van der Waals surface area contributed by atoms with Crippen molar-refractivity contribution in [3.05, 3.63) is 23.2 Å². The minimum Gasteiger partial charge on any atom is -0.491 e. The Morgan fingerprint density at radius 1 is 1.30 bits per heavy atom. The molecule has 9 heteroatoms. The standard InChI is InChI=1S/C18H22N4O4S/c1-2-3-14-22-15-16(27-14)12-5-4-11(10-13(12)21-17(15)19)26-9-8-25-7-6-20-18(23)24/h4-5,10,20H,2-3,6-9H2,1H3,(H2,19,21)(H,23,24). The second-order valence-corrected chi connectivity index (χ2v) is 6.99. The lowest BCUT2D eigenvalue weighted by Crippen LogP contribution is -2.25. The summed E-state index contributed by atoms with van der Waals surface area (Å²) in [6.45, 7) is 3.40. The molecule has 2 heterocycles. The van der Waals surface area contributed by atoms with Crippen molar-refractivity contribution in [3.63, 3.8) is 0 Å². The molecule has 2 aromatic heterocycles. The van der Waals surface area contributed by atoms with Gasteiger partial charge in [-0.3, -0.25) is 0 Å². The van der Waals surface area contributed by atoms with E-state index in [1.807, 2.05) is 18.2 Å². The molecule has 27 heavy (non-hydrogen) atoms. The van der Waals surface area contributed by atoms with Gasteiger partial charge in [-0.25, -0.2) is 14.8 Å². The molecule has 0 bridgehead atoms. The van der Waals surface area contributed by atoms with E-state index in [1.165, 1.54) is 0 Å². The van der Waals surface area contributed by atoms with Gasteiger partial charge in [0.1, 0.15) is 17.9 Å². The molecule has 8 nitrogen and oxygen atoms in total. The van der Waals surface area contributed by atoms with Crippen LogP contribution in [-0.4, -0.2) is 47.5 Å². The molecular formula is C18H22N4O4S. The number of aryl methyl sites for hydroxylation is 1. The normalized spacial score (nSPS) is 11.1. The van der Waals surface area contributed by atoms with E-state index in [0.717, 1.165) is 39.0 Å². The van der Waals surface area contributed by atoms with Crippen LogP contribution in [0.15, 0.2) is 18.2 Å². The van der Waals surface area contributed by atoms with Crippen LogP contribution in [-0.2, 0) is 11.2 Å². The van der Waals surface area contributed by atoms with E-state index in [4.69, 9.17) is 20.3 Å². The van der Waals surface area contributed by atoms with Crippen LogP contribution in [0.1, 0.15) is 18.4 Å². The highest BCUT2D eigenvalue weighted by atomic mass is 32.1. The van der Waals surface area contributed by atoms with E-state index in [0.29, 0.717) is 31.4 Å². The lowest BCUT2D eigenvalue weighted by molar-refractivity contribution is 0.101. The second-order valence-electron chi connectivity index (χ2n) is 5.90. The van der Waals surface area contributed by atoms with Gasteiger partial charge in [-0.15, -0.1) is 11.3 Å². The van der Waals surface area contributed by atoms with E-state index in [9.17, 15) is 4.79 Å². The van der Waals surface area contributed by atoms with Crippen molar-refractivity contribution in [2.75, 3.05) is 32.1 Å². The van der Waals surface area contributed by atoms with Crippen molar-refractivity contribution in [1.82, 2.24) is 15.3 Å². The number of amides is 1. The monoisotopic (exact) mass is 390 g/mol. The molecule has 0 saturated heterocycles. The molecule has 0 aliphatic heterocycles. The zero-order valence-electron chi connectivity index (χ0n) is 15.0. The van der Waals surface area contributed by atoms with E-state index >= 15 is 0 Å². The lowest BCUT2D eigenvalue weighted by atomic mass is 10.2. The van der Waals surface area contributed by atoms with Crippen molar-refractivity contribution >= 4 is 44.4 Å². The van der Waals surface area contributed by atoms with Crippen LogP contribution in [0.2, 0.25) is 0 Å². The maximum atomic E-state index is 10.3. The third kappa shape index (κ3) is 4.75. The van der Waals surface area contributed by atoms with Gasteiger partial charge in [0, 0.05) is 18.0 Å². The van der Waals surface area contributed by atoms with Crippen molar-refractivity contribution < 1.29 is 19.4 Å². The van der Waals surface area contributed by atoms with Gasteiger partial charge in [-0.2, -0.15) is 0 Å². The molecule has 0 aliphatic rings. The van der Waals surface area contributed by atoms with E-state index in [1.54, 1.807) is 11.3 Å². The number of carbonyl (C=O) groups is 1. The van der Waals surface area contributed by atoms with Crippen molar-refractivity contribution in [2.45, 2.75) is 19.8 Å². The number of nitrogens with zero attached hydrogens (tertiary/aromatic N) is 2. The number of carboxylic acid groups (broad SMARTS) is 1. The van der Waals surface area contributed by atoms with E-state index in [2.05, 4.69) is 22.2 Å². The SMILES string of the molecule is CCCc1nc2c(N)nc3cc(OCCOCCNC(=O)O)ccc3c2s1. The van der Waals surface area contributed by atoms with Gasteiger partial charge in [-0.05, 0) is 25.0 Å². The van der Waals surface area contributed by atoms with Crippen LogP contribution in [0.25, 0.3) is 21.1 Å². The first-order valence-electron chi connectivity index (χ1n) is 8.74. The Labute approximate surface area is 160 Å². The number of pyridine rings is 1. The van der Waals surface area contributed by atoms with Crippen LogP contribution in [0, 0.1) is 0 Å². The van der Waals surface area contributed by atoms with Crippen molar-refractivity contribution in [3.8, 4) is 5.75 Å². The van der Waals surface area contributed by atoms with Gasteiger partial charge in [0.05, 0.1) is 28.4 Å². The first kappa shape index (κ1) is 19.1. The summed E-state index contributed by atoms with van der Waals surface area (Å²) in [5.74, 6) is 1.11. The maximum absolute atomic E-state index is 10.3. The molecule has 144 valence electrons. The Balaban J connectivity index is 1.65. The molecule has 0 radical (unpaired) electrons. The topological polar surface area (TPSA) is 120 Å². The zero-order valence-corrected chi connectivity index (χ0v) is 15.8. The molecule has 0 aliphatic carbocycles. The van der Waals surface area contributed by atoms with Crippen LogP contribution in [0.3, 0.4) is 0 Å². The molecule has 4 N–H and O–H groups in total. The Hall–Kier alpha value is -2.65. The summed E-state index contributed by atoms with van der Waals surface area (Å²) < 4.78 is 12.0. The number of nitrogen functional groups attached to an aromatic ring is 1. The third-order valence-corrected chi connectivity index (χ3v) is 5.00. The number of nitrogens with two attached hydrogens (primary N) is 1. The summed E-state index contributed by atoms with van der Waals surface area (Å²) in [6.07, 6.45) is 0.913. The highest BCUT2D eigenvalue weighted by Gasteiger charge is 2.12. The Morgan fingerprint density at radius 3 is 2.93 bits per heavy atom. The number of rotatable bonds is 9. The van der Waals surface area contributed by atoms with Gasteiger partial charge in [0.2, 0.25) is 0 Å². The van der Waals surface area contributed by atoms with Crippen LogP contribution < -0.4 is 15.8 Å². The third-order valence-electron chi connectivity index (χ3n) is 3.85. The number of ether oxygens (including phenoxy) is 2. The molecule has 1 aromatic carbocycles. The molecule has 1 amide bonds.